The van der Waals surface area contributed by atoms with Crippen molar-refractivity contribution in [1.82, 2.24) is 0 Å². The van der Waals surface area contributed by atoms with Crippen LogP contribution >= 0.6 is 0 Å². The van der Waals surface area contributed by atoms with Crippen LogP contribution in [0.15, 0.2) is 36.4 Å². The van der Waals surface area contributed by atoms with E-state index in [0.29, 0.717) is 28.6 Å². The molecular weight excluding hydrogens is 328 g/mol. The highest BCUT2D eigenvalue weighted by molar-refractivity contribution is 5.80. The Morgan fingerprint density at radius 1 is 1.00 bits per heavy atom. The SMILES string of the molecule is COc1ccc([C@H]2Oc3cc(OC)c(OC)cc3[C@@H]2C(=O)O)cc1.O. The summed E-state index contributed by atoms with van der Waals surface area (Å²) in [6, 6.07) is 10.5. The monoisotopic (exact) mass is 348 g/mol. The van der Waals surface area contributed by atoms with E-state index in [1.807, 2.05) is 0 Å². The van der Waals surface area contributed by atoms with Crippen LogP contribution in [0.2, 0.25) is 0 Å². The molecule has 134 valence electrons. The normalized spacial score (nSPS) is 17.7. The van der Waals surface area contributed by atoms with E-state index in [0.717, 1.165) is 5.56 Å². The Balaban J connectivity index is 0.00000225. The number of methoxy groups -OCH3 is 3. The molecule has 3 rings (SSSR count). The molecule has 0 saturated heterocycles. The lowest BCUT2D eigenvalue weighted by molar-refractivity contribution is -0.140. The number of rotatable bonds is 5. The van der Waals surface area contributed by atoms with Crippen LogP contribution in [-0.2, 0) is 4.79 Å². The Morgan fingerprint density at radius 2 is 1.60 bits per heavy atom. The van der Waals surface area contributed by atoms with Crippen LogP contribution < -0.4 is 18.9 Å². The lowest BCUT2D eigenvalue weighted by Crippen LogP contribution is -2.18. The van der Waals surface area contributed by atoms with Crippen LogP contribution in [0.4, 0.5) is 0 Å². The first-order valence-electron chi connectivity index (χ1n) is 7.38. The Bertz CT molecular complexity index is 755. The summed E-state index contributed by atoms with van der Waals surface area (Å²) in [7, 11) is 4.61. The Labute approximate surface area is 145 Å². The lowest BCUT2D eigenvalue weighted by Gasteiger charge is -2.16. The highest BCUT2D eigenvalue weighted by atomic mass is 16.5. The smallest absolute Gasteiger partial charge is 0.315 e. The highest BCUT2D eigenvalue weighted by Crippen LogP contribution is 2.50. The minimum atomic E-state index is -0.957. The van der Waals surface area contributed by atoms with Crippen molar-refractivity contribution in [2.45, 2.75) is 12.0 Å². The van der Waals surface area contributed by atoms with E-state index in [-0.39, 0.29) is 5.48 Å². The molecule has 7 nitrogen and oxygen atoms in total. The zero-order valence-corrected chi connectivity index (χ0v) is 14.1. The van der Waals surface area contributed by atoms with E-state index in [1.165, 1.54) is 14.2 Å². The van der Waals surface area contributed by atoms with Gasteiger partial charge in [-0.25, -0.2) is 0 Å². The number of carboxylic acid groups (broad SMARTS) is 1. The molecule has 2 aromatic carbocycles. The minimum Gasteiger partial charge on any atom is -0.497 e. The van der Waals surface area contributed by atoms with E-state index < -0.39 is 18.0 Å². The number of carbonyl (C=O) groups is 1. The molecule has 0 bridgehead atoms. The summed E-state index contributed by atoms with van der Waals surface area (Å²) < 4.78 is 21.6. The number of fused-ring (bicyclic) bond motifs is 1. The fourth-order valence-corrected chi connectivity index (χ4v) is 2.91. The molecule has 0 aliphatic carbocycles. The van der Waals surface area contributed by atoms with Crippen molar-refractivity contribution in [2.75, 3.05) is 21.3 Å². The molecule has 0 aromatic heterocycles. The first kappa shape index (κ1) is 18.4. The van der Waals surface area contributed by atoms with E-state index in [9.17, 15) is 9.90 Å². The van der Waals surface area contributed by atoms with Gasteiger partial charge in [-0.05, 0) is 23.8 Å². The highest BCUT2D eigenvalue weighted by Gasteiger charge is 2.41. The fourth-order valence-electron chi connectivity index (χ4n) is 2.91. The van der Waals surface area contributed by atoms with Gasteiger partial charge in [0.2, 0.25) is 0 Å². The van der Waals surface area contributed by atoms with Gasteiger partial charge in [0.05, 0.1) is 21.3 Å². The van der Waals surface area contributed by atoms with Gasteiger partial charge < -0.3 is 29.5 Å². The fraction of sp³-hybridized carbons (Fsp3) is 0.278. The van der Waals surface area contributed by atoms with Crippen LogP contribution in [0.1, 0.15) is 23.1 Å². The molecule has 2 aromatic rings. The van der Waals surface area contributed by atoms with Crippen molar-refractivity contribution in [2.24, 2.45) is 0 Å². The number of ether oxygens (including phenoxy) is 4. The third-order valence-corrected chi connectivity index (χ3v) is 4.12. The second-order valence-electron chi connectivity index (χ2n) is 5.37. The average Bonchev–Trinajstić information content (AvgIpc) is 2.98. The Hall–Kier alpha value is -2.93. The van der Waals surface area contributed by atoms with Crippen molar-refractivity contribution >= 4 is 5.97 Å². The zero-order chi connectivity index (χ0) is 17.3. The summed E-state index contributed by atoms with van der Waals surface area (Å²) in [6.45, 7) is 0. The Kier molecular flexibility index (Phi) is 5.38. The molecule has 0 amide bonds. The van der Waals surface area contributed by atoms with Crippen molar-refractivity contribution in [3.8, 4) is 23.0 Å². The van der Waals surface area contributed by atoms with E-state index in [1.54, 1.807) is 43.5 Å². The number of aliphatic carboxylic acids is 1. The van der Waals surface area contributed by atoms with E-state index in [2.05, 4.69) is 0 Å². The predicted molar refractivity (Wildman–Crippen MR) is 89.9 cm³/mol. The van der Waals surface area contributed by atoms with E-state index >= 15 is 0 Å². The van der Waals surface area contributed by atoms with Crippen LogP contribution in [0.3, 0.4) is 0 Å². The maximum absolute atomic E-state index is 11.8. The summed E-state index contributed by atoms with van der Waals surface area (Å²) in [5.41, 5.74) is 1.33. The van der Waals surface area contributed by atoms with Crippen LogP contribution in [0, 0.1) is 0 Å². The minimum absolute atomic E-state index is 0. The van der Waals surface area contributed by atoms with Crippen LogP contribution in [0.25, 0.3) is 0 Å². The van der Waals surface area contributed by atoms with Crippen molar-refractivity contribution in [3.05, 3.63) is 47.5 Å². The topological polar surface area (TPSA) is 106 Å². The number of benzene rings is 2. The molecule has 7 heteroatoms. The number of hydrogen-bond donors (Lipinski definition) is 1. The molecular formula is C18H20O7. The molecule has 0 radical (unpaired) electrons. The second-order valence-corrected chi connectivity index (χ2v) is 5.37. The first-order chi connectivity index (χ1) is 11.6. The largest absolute Gasteiger partial charge is 0.497 e. The lowest BCUT2D eigenvalue weighted by atomic mass is 9.91. The summed E-state index contributed by atoms with van der Waals surface area (Å²) in [5, 5.41) is 9.71. The molecule has 0 saturated carbocycles. The second kappa shape index (κ2) is 7.31. The maximum Gasteiger partial charge on any atom is 0.315 e. The molecule has 1 aliphatic heterocycles. The van der Waals surface area contributed by atoms with Gasteiger partial charge in [0.15, 0.2) is 11.5 Å². The molecule has 0 fully saturated rings. The van der Waals surface area contributed by atoms with Crippen molar-refractivity contribution in [3.63, 3.8) is 0 Å². The zero-order valence-electron chi connectivity index (χ0n) is 14.1. The van der Waals surface area contributed by atoms with Gasteiger partial charge in [-0.3, -0.25) is 4.79 Å². The van der Waals surface area contributed by atoms with Gasteiger partial charge in [-0.1, -0.05) is 12.1 Å². The maximum atomic E-state index is 11.8. The average molecular weight is 348 g/mol. The molecule has 3 N–H and O–H groups in total. The van der Waals surface area contributed by atoms with Crippen molar-refractivity contribution in [1.29, 1.82) is 0 Å². The standard InChI is InChI=1S/C18H18O6.H2O/c1-21-11-6-4-10(5-7-11)17-16(18(19)20)12-8-14(22-2)15(23-3)9-13(12)24-17;/h4-9,16-17H,1-3H3,(H,19,20);1H2/t16-,17+;/m0./s1. The van der Waals surface area contributed by atoms with Gasteiger partial charge in [-0.15, -0.1) is 0 Å². The molecule has 25 heavy (non-hydrogen) atoms. The summed E-state index contributed by atoms with van der Waals surface area (Å²) >= 11 is 0. The van der Waals surface area contributed by atoms with E-state index in [4.69, 9.17) is 18.9 Å². The van der Waals surface area contributed by atoms with Gasteiger partial charge in [0.25, 0.3) is 0 Å². The van der Waals surface area contributed by atoms with Crippen LogP contribution in [0.5, 0.6) is 23.0 Å². The molecule has 2 atom stereocenters. The van der Waals surface area contributed by atoms with Gasteiger partial charge >= 0.3 is 5.97 Å². The molecule has 0 unspecified atom stereocenters. The van der Waals surface area contributed by atoms with Crippen LogP contribution in [-0.4, -0.2) is 37.9 Å². The van der Waals surface area contributed by atoms with Gasteiger partial charge in [-0.2, -0.15) is 0 Å². The number of hydrogen-bond acceptors (Lipinski definition) is 5. The third-order valence-electron chi connectivity index (χ3n) is 4.12. The van der Waals surface area contributed by atoms with Gasteiger partial charge in [0.1, 0.15) is 23.5 Å². The molecule has 1 aliphatic rings. The predicted octanol–water partition coefficient (Wildman–Crippen LogP) is 2.19. The molecule has 1 heterocycles. The number of carboxylic acids is 1. The Morgan fingerprint density at radius 3 is 2.12 bits per heavy atom. The summed E-state index contributed by atoms with van der Waals surface area (Å²) in [6.07, 6.45) is -0.625. The summed E-state index contributed by atoms with van der Waals surface area (Å²) in [4.78, 5) is 11.8. The first-order valence-corrected chi connectivity index (χ1v) is 7.38. The summed E-state index contributed by atoms with van der Waals surface area (Å²) in [5.74, 6) is 0.373. The quantitative estimate of drug-likeness (QED) is 0.888. The molecule has 0 spiro atoms. The van der Waals surface area contributed by atoms with Gasteiger partial charge in [0, 0.05) is 11.6 Å². The third kappa shape index (κ3) is 3.18. The van der Waals surface area contributed by atoms with Crippen molar-refractivity contribution < 1.29 is 34.3 Å².